The molecule has 5 nitrogen and oxygen atoms in total. The Labute approximate surface area is 149 Å². The van der Waals surface area contributed by atoms with E-state index < -0.39 is 5.60 Å². The zero-order valence-electron chi connectivity index (χ0n) is 15.7. The molecule has 2 unspecified atom stereocenters. The third kappa shape index (κ3) is 3.98. The Morgan fingerprint density at radius 2 is 2.00 bits per heavy atom. The van der Waals surface area contributed by atoms with Gasteiger partial charge in [0.05, 0.1) is 32.4 Å². The number of benzene rings is 1. The first kappa shape index (κ1) is 17.8. The van der Waals surface area contributed by atoms with Crippen LogP contribution in [0.1, 0.15) is 38.3 Å². The van der Waals surface area contributed by atoms with Crippen molar-refractivity contribution in [2.75, 3.05) is 20.3 Å². The molecule has 2 heterocycles. The van der Waals surface area contributed by atoms with Gasteiger partial charge >= 0.3 is 6.09 Å². The predicted octanol–water partition coefficient (Wildman–Crippen LogP) is 3.80. The van der Waals surface area contributed by atoms with Crippen LogP contribution < -0.4 is 4.74 Å². The Balaban J connectivity index is 1.89. The maximum Gasteiger partial charge on any atom is 0.411 e. The molecule has 2 aliphatic heterocycles. The summed E-state index contributed by atoms with van der Waals surface area (Å²) >= 11 is 0. The molecule has 1 aromatic carbocycles. The van der Waals surface area contributed by atoms with Crippen LogP contribution in [0, 0.1) is 6.92 Å². The molecular weight excluding hydrogens is 318 g/mol. The molecule has 2 aliphatic rings. The number of hydrogen-bond donors (Lipinski definition) is 0. The second-order valence-electron chi connectivity index (χ2n) is 7.78. The molecule has 1 saturated heterocycles. The standard InChI is InChI=1S/C20H27NO4/c1-13-6-14(10-18(7-13)23-5)15-8-16-11-24-12-17(9-15)21(16)19(22)25-20(2,3)4/h6-8,10,16-17H,9,11-12H2,1-5H3. The number of methoxy groups -OCH3 is 1. The monoisotopic (exact) mass is 345 g/mol. The van der Waals surface area contributed by atoms with Gasteiger partial charge in [-0.2, -0.15) is 0 Å². The largest absolute Gasteiger partial charge is 0.497 e. The number of fused-ring (bicyclic) bond motifs is 2. The molecule has 2 atom stereocenters. The minimum Gasteiger partial charge on any atom is -0.497 e. The van der Waals surface area contributed by atoms with E-state index in [1.165, 1.54) is 5.57 Å². The van der Waals surface area contributed by atoms with Crippen LogP contribution in [0.15, 0.2) is 24.3 Å². The van der Waals surface area contributed by atoms with Crippen LogP contribution in [0.5, 0.6) is 5.75 Å². The predicted molar refractivity (Wildman–Crippen MR) is 96.8 cm³/mol. The number of hydrogen-bond acceptors (Lipinski definition) is 4. The maximum absolute atomic E-state index is 12.6. The van der Waals surface area contributed by atoms with Crippen molar-refractivity contribution < 1.29 is 19.0 Å². The van der Waals surface area contributed by atoms with Crippen molar-refractivity contribution >= 4 is 11.7 Å². The third-order valence-electron chi connectivity index (χ3n) is 4.46. The number of amides is 1. The Morgan fingerprint density at radius 3 is 2.64 bits per heavy atom. The van der Waals surface area contributed by atoms with E-state index in [0.29, 0.717) is 13.2 Å². The lowest BCUT2D eigenvalue weighted by Gasteiger charge is -2.44. The zero-order chi connectivity index (χ0) is 18.2. The third-order valence-corrected chi connectivity index (χ3v) is 4.46. The summed E-state index contributed by atoms with van der Waals surface area (Å²) in [4.78, 5) is 14.5. The van der Waals surface area contributed by atoms with Gasteiger partial charge in [0, 0.05) is 0 Å². The molecule has 0 spiro atoms. The van der Waals surface area contributed by atoms with Gasteiger partial charge in [0.15, 0.2) is 0 Å². The van der Waals surface area contributed by atoms with Gasteiger partial charge < -0.3 is 14.2 Å². The molecule has 0 aromatic heterocycles. The SMILES string of the molecule is COc1cc(C)cc(C2=CC3COCC(C2)N3C(=O)OC(C)(C)C)c1. The fourth-order valence-corrected chi connectivity index (χ4v) is 3.46. The lowest BCUT2D eigenvalue weighted by atomic mass is 9.89. The van der Waals surface area contributed by atoms with Gasteiger partial charge in [0.2, 0.25) is 0 Å². The van der Waals surface area contributed by atoms with E-state index in [4.69, 9.17) is 14.2 Å². The molecule has 3 rings (SSSR count). The topological polar surface area (TPSA) is 48.0 Å². The zero-order valence-corrected chi connectivity index (χ0v) is 15.7. The van der Waals surface area contributed by atoms with Crippen molar-refractivity contribution in [2.45, 2.75) is 51.8 Å². The summed E-state index contributed by atoms with van der Waals surface area (Å²) in [6, 6.07) is 6.14. The summed E-state index contributed by atoms with van der Waals surface area (Å²) < 4.78 is 16.7. The van der Waals surface area contributed by atoms with E-state index in [-0.39, 0.29) is 18.2 Å². The van der Waals surface area contributed by atoms with Crippen molar-refractivity contribution in [2.24, 2.45) is 0 Å². The first-order valence-electron chi connectivity index (χ1n) is 8.72. The van der Waals surface area contributed by atoms with Crippen molar-refractivity contribution in [1.29, 1.82) is 0 Å². The summed E-state index contributed by atoms with van der Waals surface area (Å²) in [5, 5.41) is 0. The highest BCUT2D eigenvalue weighted by atomic mass is 16.6. The van der Waals surface area contributed by atoms with Crippen LogP contribution in [0.25, 0.3) is 5.57 Å². The number of carbonyl (C=O) groups excluding carboxylic acids is 1. The number of ether oxygens (including phenoxy) is 3. The second kappa shape index (κ2) is 6.71. The first-order chi connectivity index (χ1) is 11.8. The van der Waals surface area contributed by atoms with Crippen LogP contribution in [-0.2, 0) is 9.47 Å². The van der Waals surface area contributed by atoms with E-state index >= 15 is 0 Å². The number of nitrogens with zero attached hydrogens (tertiary/aromatic N) is 1. The molecular formula is C20H27NO4. The smallest absolute Gasteiger partial charge is 0.411 e. The average molecular weight is 345 g/mol. The summed E-state index contributed by atoms with van der Waals surface area (Å²) in [5.41, 5.74) is 3.05. The number of carbonyl (C=O) groups is 1. The highest BCUT2D eigenvalue weighted by Crippen LogP contribution is 2.35. The minimum absolute atomic E-state index is 0.0000992. The van der Waals surface area contributed by atoms with E-state index in [1.807, 2.05) is 31.7 Å². The molecule has 5 heteroatoms. The van der Waals surface area contributed by atoms with Crippen molar-refractivity contribution in [1.82, 2.24) is 4.90 Å². The van der Waals surface area contributed by atoms with E-state index in [2.05, 4.69) is 25.1 Å². The van der Waals surface area contributed by atoms with Crippen LogP contribution in [0.2, 0.25) is 0 Å². The van der Waals surface area contributed by atoms with E-state index in [1.54, 1.807) is 7.11 Å². The highest BCUT2D eigenvalue weighted by molar-refractivity contribution is 5.75. The Bertz CT molecular complexity index is 689. The molecule has 1 amide bonds. The van der Waals surface area contributed by atoms with Crippen molar-refractivity contribution in [3.8, 4) is 5.75 Å². The first-order valence-corrected chi connectivity index (χ1v) is 8.72. The van der Waals surface area contributed by atoms with Crippen LogP contribution in [0.4, 0.5) is 4.79 Å². The highest BCUT2D eigenvalue weighted by Gasteiger charge is 2.40. The van der Waals surface area contributed by atoms with Crippen molar-refractivity contribution in [3.63, 3.8) is 0 Å². The minimum atomic E-state index is -0.500. The fraction of sp³-hybridized carbons (Fsp3) is 0.550. The van der Waals surface area contributed by atoms with Crippen LogP contribution >= 0.6 is 0 Å². The Morgan fingerprint density at radius 1 is 1.24 bits per heavy atom. The second-order valence-corrected chi connectivity index (χ2v) is 7.78. The Kier molecular flexibility index (Phi) is 4.78. The van der Waals surface area contributed by atoms with E-state index in [0.717, 1.165) is 23.3 Å². The number of morpholine rings is 1. The van der Waals surface area contributed by atoms with Crippen LogP contribution in [-0.4, -0.2) is 49.0 Å². The van der Waals surface area contributed by atoms with Gasteiger partial charge in [0.25, 0.3) is 0 Å². The average Bonchev–Trinajstić information content (AvgIpc) is 2.51. The quantitative estimate of drug-likeness (QED) is 0.818. The fourth-order valence-electron chi connectivity index (χ4n) is 3.46. The van der Waals surface area contributed by atoms with Crippen molar-refractivity contribution in [3.05, 3.63) is 35.4 Å². The van der Waals surface area contributed by atoms with Gasteiger partial charge in [-0.3, -0.25) is 4.90 Å². The molecule has 25 heavy (non-hydrogen) atoms. The summed E-state index contributed by atoms with van der Waals surface area (Å²) in [7, 11) is 1.68. The number of rotatable bonds is 2. The van der Waals surface area contributed by atoms with Gasteiger partial charge in [-0.1, -0.05) is 12.1 Å². The molecule has 2 bridgehead atoms. The Hall–Kier alpha value is -2.01. The summed E-state index contributed by atoms with van der Waals surface area (Å²) in [6.07, 6.45) is 2.62. The van der Waals surface area contributed by atoms with Crippen LogP contribution in [0.3, 0.4) is 0 Å². The summed E-state index contributed by atoms with van der Waals surface area (Å²) in [6.45, 7) is 8.77. The lowest BCUT2D eigenvalue weighted by Crippen LogP contribution is -2.57. The normalized spacial score (nSPS) is 23.1. The molecule has 1 aromatic rings. The summed E-state index contributed by atoms with van der Waals surface area (Å²) in [5.74, 6) is 0.854. The molecule has 0 radical (unpaired) electrons. The van der Waals surface area contributed by atoms with Gasteiger partial charge in [-0.25, -0.2) is 4.79 Å². The van der Waals surface area contributed by atoms with E-state index in [9.17, 15) is 4.79 Å². The van der Waals surface area contributed by atoms with Gasteiger partial charge in [-0.05, 0) is 62.9 Å². The molecule has 0 saturated carbocycles. The molecule has 136 valence electrons. The maximum atomic E-state index is 12.6. The lowest BCUT2D eigenvalue weighted by molar-refractivity contribution is -0.0510. The van der Waals surface area contributed by atoms with Gasteiger partial charge in [0.1, 0.15) is 11.4 Å². The molecule has 0 N–H and O–H groups in total. The molecule has 1 fully saturated rings. The van der Waals surface area contributed by atoms with Gasteiger partial charge in [-0.15, -0.1) is 0 Å². The number of aryl methyl sites for hydroxylation is 1. The molecule has 0 aliphatic carbocycles.